The van der Waals surface area contributed by atoms with E-state index in [1.807, 2.05) is 6.07 Å². The first-order valence-electron chi connectivity index (χ1n) is 10.4. The van der Waals surface area contributed by atoms with E-state index < -0.39 is 10.7 Å². The standard InChI is InChI=1S/C23H22FN5O4/c1-14-22(29(32)33)15(2)28(26-14)13-21(30)27-12-4-5-18-19(6-3-7-20(18)27)25-23(31)16-8-10-17(24)11-9-16/h3,6-11H,4-5,12-13H2,1-2H3,(H,25,31). The topological polar surface area (TPSA) is 110 Å². The van der Waals surface area contributed by atoms with Crippen LogP contribution in [-0.2, 0) is 17.8 Å². The summed E-state index contributed by atoms with van der Waals surface area (Å²) in [6.07, 6.45) is 1.36. The lowest BCUT2D eigenvalue weighted by atomic mass is 9.99. The molecule has 2 aromatic carbocycles. The third-order valence-corrected chi connectivity index (χ3v) is 5.72. The molecule has 0 radical (unpaired) electrons. The maximum absolute atomic E-state index is 13.2. The molecule has 2 heterocycles. The van der Waals surface area contributed by atoms with E-state index >= 15 is 0 Å². The zero-order valence-corrected chi connectivity index (χ0v) is 18.2. The predicted octanol–water partition coefficient (Wildman–Crippen LogP) is 3.78. The summed E-state index contributed by atoms with van der Waals surface area (Å²) < 4.78 is 14.5. The van der Waals surface area contributed by atoms with Crippen LogP contribution in [0.4, 0.5) is 21.5 Å². The first-order valence-corrected chi connectivity index (χ1v) is 10.4. The van der Waals surface area contributed by atoms with Crippen molar-refractivity contribution in [3.8, 4) is 0 Å². The van der Waals surface area contributed by atoms with Crippen LogP contribution in [0.5, 0.6) is 0 Å². The molecule has 0 spiro atoms. The van der Waals surface area contributed by atoms with E-state index in [9.17, 15) is 24.1 Å². The number of carbonyl (C=O) groups is 2. The molecule has 0 fully saturated rings. The van der Waals surface area contributed by atoms with E-state index in [4.69, 9.17) is 0 Å². The lowest BCUT2D eigenvalue weighted by Crippen LogP contribution is -2.38. The number of amides is 2. The van der Waals surface area contributed by atoms with Crippen molar-refractivity contribution >= 4 is 28.9 Å². The van der Waals surface area contributed by atoms with Gasteiger partial charge in [0.05, 0.1) is 4.92 Å². The molecule has 2 amide bonds. The molecule has 1 aliphatic heterocycles. The summed E-state index contributed by atoms with van der Waals surface area (Å²) >= 11 is 0. The molecule has 4 rings (SSSR count). The number of nitrogens with one attached hydrogen (secondary N) is 1. The van der Waals surface area contributed by atoms with Crippen LogP contribution >= 0.6 is 0 Å². The Kier molecular flexibility index (Phi) is 5.91. The summed E-state index contributed by atoms with van der Waals surface area (Å²) in [4.78, 5) is 38.1. The van der Waals surface area contributed by atoms with Crippen LogP contribution in [0.3, 0.4) is 0 Å². The monoisotopic (exact) mass is 451 g/mol. The Morgan fingerprint density at radius 2 is 1.91 bits per heavy atom. The number of halogens is 1. The van der Waals surface area contributed by atoms with Gasteiger partial charge in [0.25, 0.3) is 5.91 Å². The molecule has 0 saturated heterocycles. The Labute approximate surface area is 189 Å². The Morgan fingerprint density at radius 1 is 1.18 bits per heavy atom. The normalized spacial score (nSPS) is 12.9. The zero-order valence-electron chi connectivity index (χ0n) is 18.2. The molecule has 0 bridgehead atoms. The van der Waals surface area contributed by atoms with Gasteiger partial charge < -0.3 is 10.2 Å². The van der Waals surface area contributed by atoms with E-state index in [0.717, 1.165) is 5.56 Å². The zero-order chi connectivity index (χ0) is 23.7. The molecular formula is C23H22FN5O4. The number of nitro groups is 1. The second-order valence-corrected chi connectivity index (χ2v) is 7.85. The molecule has 33 heavy (non-hydrogen) atoms. The molecule has 1 aromatic heterocycles. The van der Waals surface area contributed by atoms with E-state index in [1.165, 1.54) is 28.9 Å². The molecule has 0 saturated carbocycles. The minimum absolute atomic E-state index is 0.0902. The summed E-state index contributed by atoms with van der Waals surface area (Å²) in [7, 11) is 0. The Morgan fingerprint density at radius 3 is 2.58 bits per heavy atom. The van der Waals surface area contributed by atoms with E-state index in [1.54, 1.807) is 30.9 Å². The second kappa shape index (κ2) is 8.81. The second-order valence-electron chi connectivity index (χ2n) is 7.85. The van der Waals surface area contributed by atoms with Crippen LogP contribution < -0.4 is 10.2 Å². The average Bonchev–Trinajstić information content (AvgIpc) is 3.06. The first kappa shape index (κ1) is 22.1. The Balaban J connectivity index is 1.58. The Bertz CT molecular complexity index is 1250. The summed E-state index contributed by atoms with van der Waals surface area (Å²) in [6, 6.07) is 10.6. The van der Waals surface area contributed by atoms with E-state index in [0.29, 0.717) is 42.0 Å². The molecule has 0 atom stereocenters. The highest BCUT2D eigenvalue weighted by molar-refractivity contribution is 6.05. The highest BCUT2D eigenvalue weighted by Crippen LogP contribution is 2.33. The molecule has 0 aliphatic carbocycles. The van der Waals surface area contributed by atoms with Crippen molar-refractivity contribution in [2.24, 2.45) is 0 Å². The molecule has 170 valence electrons. The number of benzene rings is 2. The third kappa shape index (κ3) is 4.32. The minimum Gasteiger partial charge on any atom is -0.322 e. The number of hydrogen-bond donors (Lipinski definition) is 1. The van der Waals surface area contributed by atoms with Crippen molar-refractivity contribution in [1.82, 2.24) is 9.78 Å². The fraction of sp³-hybridized carbons (Fsp3) is 0.261. The number of fused-ring (bicyclic) bond motifs is 1. The van der Waals surface area contributed by atoms with Gasteiger partial charge in [-0.2, -0.15) is 5.10 Å². The molecule has 1 N–H and O–H groups in total. The highest BCUT2D eigenvalue weighted by Gasteiger charge is 2.28. The van der Waals surface area contributed by atoms with Crippen molar-refractivity contribution in [3.05, 3.63) is 80.9 Å². The third-order valence-electron chi connectivity index (χ3n) is 5.72. The SMILES string of the molecule is Cc1nn(CC(=O)N2CCCc3c(NC(=O)c4ccc(F)cc4)cccc32)c(C)c1[N+](=O)[O-]. The van der Waals surface area contributed by atoms with Gasteiger partial charge in [-0.15, -0.1) is 0 Å². The molecule has 1 aliphatic rings. The number of aromatic nitrogens is 2. The van der Waals surface area contributed by atoms with Gasteiger partial charge in [0.15, 0.2) is 0 Å². The van der Waals surface area contributed by atoms with Gasteiger partial charge in [0.1, 0.15) is 23.7 Å². The van der Waals surface area contributed by atoms with Crippen LogP contribution in [0.1, 0.15) is 33.7 Å². The van der Waals surface area contributed by atoms with Crippen LogP contribution in [0.2, 0.25) is 0 Å². The smallest absolute Gasteiger partial charge is 0.312 e. The maximum atomic E-state index is 13.2. The van der Waals surface area contributed by atoms with Crippen LogP contribution in [0.25, 0.3) is 0 Å². The molecule has 0 unspecified atom stereocenters. The molecular weight excluding hydrogens is 429 g/mol. The molecule has 9 nitrogen and oxygen atoms in total. The lowest BCUT2D eigenvalue weighted by Gasteiger charge is -2.31. The van der Waals surface area contributed by atoms with Crippen LogP contribution in [0.15, 0.2) is 42.5 Å². The number of rotatable bonds is 5. The number of aryl methyl sites for hydroxylation is 1. The van der Waals surface area contributed by atoms with Crippen molar-refractivity contribution in [2.75, 3.05) is 16.8 Å². The summed E-state index contributed by atoms with van der Waals surface area (Å²) in [5, 5.41) is 18.3. The van der Waals surface area contributed by atoms with E-state index in [2.05, 4.69) is 10.4 Å². The number of nitrogens with zero attached hydrogens (tertiary/aromatic N) is 4. The largest absolute Gasteiger partial charge is 0.322 e. The maximum Gasteiger partial charge on any atom is 0.312 e. The minimum atomic E-state index is -0.495. The van der Waals surface area contributed by atoms with Crippen molar-refractivity contribution in [2.45, 2.75) is 33.2 Å². The fourth-order valence-electron chi connectivity index (χ4n) is 4.12. The quantitative estimate of drug-likeness (QED) is 0.469. The highest BCUT2D eigenvalue weighted by atomic mass is 19.1. The molecule has 10 heteroatoms. The number of hydrogen-bond acceptors (Lipinski definition) is 5. The number of carbonyl (C=O) groups excluding carboxylic acids is 2. The van der Waals surface area contributed by atoms with Gasteiger partial charge in [-0.05, 0) is 68.7 Å². The summed E-state index contributed by atoms with van der Waals surface area (Å²) in [5.41, 5.74) is 2.90. The van der Waals surface area contributed by atoms with Gasteiger partial charge in [-0.3, -0.25) is 24.4 Å². The van der Waals surface area contributed by atoms with Crippen molar-refractivity contribution in [1.29, 1.82) is 0 Å². The van der Waals surface area contributed by atoms with Crippen LogP contribution in [0, 0.1) is 29.8 Å². The van der Waals surface area contributed by atoms with Crippen molar-refractivity contribution < 1.29 is 18.9 Å². The number of anilines is 2. The first-order chi connectivity index (χ1) is 15.8. The summed E-state index contributed by atoms with van der Waals surface area (Å²) in [6.45, 7) is 3.46. The van der Waals surface area contributed by atoms with Crippen LogP contribution in [-0.4, -0.2) is 33.1 Å². The van der Waals surface area contributed by atoms with Crippen molar-refractivity contribution in [3.63, 3.8) is 0 Å². The lowest BCUT2D eigenvalue weighted by molar-refractivity contribution is -0.386. The fourth-order valence-corrected chi connectivity index (χ4v) is 4.12. The predicted molar refractivity (Wildman–Crippen MR) is 120 cm³/mol. The van der Waals surface area contributed by atoms with Gasteiger partial charge >= 0.3 is 5.69 Å². The van der Waals surface area contributed by atoms with E-state index in [-0.39, 0.29) is 29.7 Å². The van der Waals surface area contributed by atoms with Gasteiger partial charge in [0.2, 0.25) is 5.91 Å². The van der Waals surface area contributed by atoms with Gasteiger partial charge in [0, 0.05) is 23.5 Å². The van der Waals surface area contributed by atoms with Gasteiger partial charge in [-0.25, -0.2) is 4.39 Å². The molecule has 3 aromatic rings. The average molecular weight is 451 g/mol. The van der Waals surface area contributed by atoms with Gasteiger partial charge in [-0.1, -0.05) is 6.07 Å². The summed E-state index contributed by atoms with van der Waals surface area (Å²) in [5.74, 6) is -1.05. The Hall–Kier alpha value is -4.08.